The third kappa shape index (κ3) is 5.40. The van der Waals surface area contributed by atoms with Crippen molar-refractivity contribution in [3.05, 3.63) is 29.8 Å². The van der Waals surface area contributed by atoms with Crippen molar-refractivity contribution < 1.29 is 4.74 Å². The molecule has 0 saturated carbocycles. The summed E-state index contributed by atoms with van der Waals surface area (Å²) in [6, 6.07) is 7.88. The zero-order valence-electron chi connectivity index (χ0n) is 12.4. The molecule has 0 amide bonds. The van der Waals surface area contributed by atoms with Crippen LogP contribution in [0.5, 0.6) is 5.75 Å². The van der Waals surface area contributed by atoms with E-state index in [1.165, 1.54) is 0 Å². The summed E-state index contributed by atoms with van der Waals surface area (Å²) in [7, 11) is 0. The Kier molecular flexibility index (Phi) is 6.73. The van der Waals surface area contributed by atoms with Crippen LogP contribution < -0.4 is 16.2 Å². The van der Waals surface area contributed by atoms with Gasteiger partial charge in [0.1, 0.15) is 18.2 Å². The zero-order valence-corrected chi connectivity index (χ0v) is 12.4. The molecule has 110 valence electrons. The first-order valence-corrected chi connectivity index (χ1v) is 6.82. The molecule has 0 spiro atoms. The average molecular weight is 276 g/mol. The van der Waals surface area contributed by atoms with Gasteiger partial charge in [-0.3, -0.25) is 9.98 Å². The van der Waals surface area contributed by atoms with Crippen LogP contribution in [-0.2, 0) is 0 Å². The van der Waals surface area contributed by atoms with E-state index >= 15 is 0 Å². The van der Waals surface area contributed by atoms with Gasteiger partial charge in [0.25, 0.3) is 0 Å². The van der Waals surface area contributed by atoms with Crippen molar-refractivity contribution in [1.29, 1.82) is 0 Å². The molecule has 1 aromatic rings. The molecule has 0 aromatic heterocycles. The first-order valence-electron chi connectivity index (χ1n) is 6.82. The quantitative estimate of drug-likeness (QED) is 0.589. The van der Waals surface area contributed by atoms with Crippen LogP contribution in [0.1, 0.15) is 32.4 Å². The van der Waals surface area contributed by atoms with Gasteiger partial charge in [0.2, 0.25) is 0 Å². The Bertz CT molecular complexity index is 469. The van der Waals surface area contributed by atoms with Gasteiger partial charge < -0.3 is 16.2 Å². The lowest BCUT2D eigenvalue weighted by Gasteiger charge is -2.14. The summed E-state index contributed by atoms with van der Waals surface area (Å²) in [6.45, 7) is 6.92. The van der Waals surface area contributed by atoms with Crippen molar-refractivity contribution in [2.45, 2.75) is 32.9 Å². The smallest absolute Gasteiger partial charge is 0.137 e. The molecule has 1 rings (SSSR count). The Morgan fingerprint density at radius 2 is 2.00 bits per heavy atom. The number of aliphatic imine (C=N–C) groups is 2. The summed E-state index contributed by atoms with van der Waals surface area (Å²) in [5, 5.41) is 0. The molecule has 4 N–H and O–H groups in total. The lowest BCUT2D eigenvalue weighted by atomic mass is 10.1. The van der Waals surface area contributed by atoms with Crippen LogP contribution in [0.25, 0.3) is 0 Å². The van der Waals surface area contributed by atoms with E-state index in [-0.39, 0.29) is 12.1 Å². The summed E-state index contributed by atoms with van der Waals surface area (Å²) >= 11 is 0. The molecule has 0 bridgehead atoms. The Morgan fingerprint density at radius 1 is 1.30 bits per heavy atom. The van der Waals surface area contributed by atoms with E-state index in [1.54, 1.807) is 6.21 Å². The van der Waals surface area contributed by atoms with Crippen molar-refractivity contribution in [3.63, 3.8) is 0 Å². The number of para-hydroxylation sites is 1. The maximum absolute atomic E-state index is 5.85. The molecule has 1 atom stereocenters. The van der Waals surface area contributed by atoms with Crippen LogP contribution >= 0.6 is 0 Å². The molecule has 0 aliphatic carbocycles. The summed E-state index contributed by atoms with van der Waals surface area (Å²) in [6.07, 6.45) is 1.60. The molecule has 5 nitrogen and oxygen atoms in total. The van der Waals surface area contributed by atoms with E-state index in [9.17, 15) is 0 Å². The van der Waals surface area contributed by atoms with Crippen LogP contribution in [0.3, 0.4) is 0 Å². The minimum Gasteiger partial charge on any atom is -0.492 e. The molecular weight excluding hydrogens is 252 g/mol. The molecule has 0 aliphatic rings. The van der Waals surface area contributed by atoms with Crippen molar-refractivity contribution in [1.82, 2.24) is 0 Å². The van der Waals surface area contributed by atoms with Crippen molar-refractivity contribution >= 4 is 12.1 Å². The van der Waals surface area contributed by atoms with Crippen LogP contribution in [0.4, 0.5) is 0 Å². The highest BCUT2D eigenvalue weighted by molar-refractivity contribution is 6.28. The van der Waals surface area contributed by atoms with Gasteiger partial charge >= 0.3 is 0 Å². The highest BCUT2D eigenvalue weighted by Gasteiger charge is 2.10. The van der Waals surface area contributed by atoms with Crippen molar-refractivity contribution in [2.75, 3.05) is 13.2 Å². The fraction of sp³-hybridized carbons (Fsp3) is 0.467. The average Bonchev–Trinajstić information content (AvgIpc) is 2.43. The largest absolute Gasteiger partial charge is 0.492 e. The molecule has 1 aromatic carbocycles. The first kappa shape index (κ1) is 16.2. The van der Waals surface area contributed by atoms with E-state index in [4.69, 9.17) is 16.2 Å². The maximum atomic E-state index is 5.85. The zero-order chi connectivity index (χ0) is 15.0. The maximum Gasteiger partial charge on any atom is 0.137 e. The minimum absolute atomic E-state index is 0.0948. The van der Waals surface area contributed by atoms with Gasteiger partial charge in [-0.15, -0.1) is 0 Å². The SMILES string of the molecule is CC(C)N=CC(N)=NC(C)c1ccccc1OCCN. The van der Waals surface area contributed by atoms with Crippen LogP contribution in [0, 0.1) is 0 Å². The van der Waals surface area contributed by atoms with E-state index in [2.05, 4.69) is 9.98 Å². The van der Waals surface area contributed by atoms with E-state index < -0.39 is 0 Å². The summed E-state index contributed by atoms with van der Waals surface area (Å²) in [4.78, 5) is 8.64. The van der Waals surface area contributed by atoms with Gasteiger partial charge in [0.15, 0.2) is 0 Å². The van der Waals surface area contributed by atoms with Gasteiger partial charge in [-0.1, -0.05) is 18.2 Å². The molecule has 0 radical (unpaired) electrons. The standard InChI is InChI=1S/C15H24N4O/c1-11(2)18-10-15(17)19-12(3)13-6-4-5-7-14(13)20-9-8-16/h4-7,10-12H,8-9,16H2,1-3H3,(H2,17,19). The highest BCUT2D eigenvalue weighted by Crippen LogP contribution is 2.27. The van der Waals surface area contributed by atoms with Gasteiger partial charge in [0.05, 0.1) is 12.3 Å². The van der Waals surface area contributed by atoms with Crippen molar-refractivity contribution in [2.24, 2.45) is 21.5 Å². The van der Waals surface area contributed by atoms with Gasteiger partial charge in [-0.05, 0) is 26.8 Å². The number of nitrogens with zero attached hydrogens (tertiary/aromatic N) is 2. The fourth-order valence-electron chi connectivity index (χ4n) is 1.68. The summed E-state index contributed by atoms with van der Waals surface area (Å²) < 4.78 is 5.62. The number of rotatable bonds is 7. The predicted octanol–water partition coefficient (Wildman–Crippen LogP) is 1.92. The molecule has 0 saturated heterocycles. The molecular formula is C15H24N4O. The fourth-order valence-corrected chi connectivity index (χ4v) is 1.68. The monoisotopic (exact) mass is 276 g/mol. The lowest BCUT2D eigenvalue weighted by Crippen LogP contribution is -2.16. The molecule has 0 fully saturated rings. The second-order valence-corrected chi connectivity index (χ2v) is 4.78. The van der Waals surface area contributed by atoms with Gasteiger partial charge in [-0.2, -0.15) is 0 Å². The number of nitrogens with two attached hydrogens (primary N) is 2. The molecule has 20 heavy (non-hydrogen) atoms. The topological polar surface area (TPSA) is 86.0 Å². The van der Waals surface area contributed by atoms with E-state index in [0.717, 1.165) is 11.3 Å². The normalized spacial score (nSPS) is 13.9. The molecule has 0 heterocycles. The lowest BCUT2D eigenvalue weighted by molar-refractivity contribution is 0.323. The third-order valence-electron chi connectivity index (χ3n) is 2.59. The summed E-state index contributed by atoms with van der Waals surface area (Å²) in [5.74, 6) is 1.21. The number of benzene rings is 1. The first-order chi connectivity index (χ1) is 9.54. The molecule has 1 unspecified atom stereocenters. The highest BCUT2D eigenvalue weighted by atomic mass is 16.5. The Morgan fingerprint density at radius 3 is 2.65 bits per heavy atom. The second-order valence-electron chi connectivity index (χ2n) is 4.78. The van der Waals surface area contributed by atoms with Crippen LogP contribution in [-0.4, -0.2) is 31.2 Å². The Labute approximate surface area is 120 Å². The number of hydrogen-bond donors (Lipinski definition) is 2. The predicted molar refractivity (Wildman–Crippen MR) is 84.7 cm³/mol. The minimum atomic E-state index is -0.0948. The second kappa shape index (κ2) is 8.32. The Balaban J connectivity index is 2.86. The van der Waals surface area contributed by atoms with Gasteiger partial charge in [-0.25, -0.2) is 0 Å². The number of amidine groups is 1. The third-order valence-corrected chi connectivity index (χ3v) is 2.59. The van der Waals surface area contributed by atoms with Crippen LogP contribution in [0.15, 0.2) is 34.3 Å². The molecule has 5 heteroatoms. The van der Waals surface area contributed by atoms with E-state index in [0.29, 0.717) is 19.0 Å². The molecule has 0 aliphatic heterocycles. The summed E-state index contributed by atoms with van der Waals surface area (Å²) in [5.41, 5.74) is 12.3. The van der Waals surface area contributed by atoms with Gasteiger partial charge in [0, 0.05) is 18.2 Å². The Hall–Kier alpha value is -1.88. The number of ether oxygens (including phenoxy) is 1. The number of hydrogen-bond acceptors (Lipinski definition) is 4. The van der Waals surface area contributed by atoms with Crippen LogP contribution in [0.2, 0.25) is 0 Å². The van der Waals surface area contributed by atoms with E-state index in [1.807, 2.05) is 45.0 Å². The van der Waals surface area contributed by atoms with Crippen molar-refractivity contribution in [3.8, 4) is 5.75 Å².